The summed E-state index contributed by atoms with van der Waals surface area (Å²) in [7, 11) is 1.55. The van der Waals surface area contributed by atoms with Gasteiger partial charge in [0.1, 0.15) is 18.6 Å². The fraction of sp³-hybridized carbons (Fsp3) is 0.235. The molecule has 7 heteroatoms. The molecule has 0 aromatic heterocycles. The number of ether oxygens (including phenoxy) is 3. The highest BCUT2D eigenvalue weighted by Crippen LogP contribution is 2.38. The number of rotatable bonds is 8. The van der Waals surface area contributed by atoms with Crippen molar-refractivity contribution in [3.63, 3.8) is 0 Å². The van der Waals surface area contributed by atoms with Gasteiger partial charge in [0.25, 0.3) is 0 Å². The molecule has 0 heterocycles. The van der Waals surface area contributed by atoms with Crippen LogP contribution < -0.4 is 14.2 Å². The molecule has 0 fully saturated rings. The molecule has 0 unspecified atom stereocenters. The molecule has 0 saturated heterocycles. The minimum atomic E-state index is -0.601. The Balaban J connectivity index is 2.35. The lowest BCUT2D eigenvalue weighted by Crippen LogP contribution is -2.04. The fourth-order valence-electron chi connectivity index (χ4n) is 2.14. The zero-order valence-corrected chi connectivity index (χ0v) is 13.4. The van der Waals surface area contributed by atoms with E-state index in [1.165, 1.54) is 6.07 Å². The number of benzene rings is 2. The third-order valence-electron chi connectivity index (χ3n) is 3.21. The van der Waals surface area contributed by atoms with Crippen LogP contribution in [0.2, 0.25) is 0 Å². The van der Waals surface area contributed by atoms with Crippen LogP contribution in [0.25, 0.3) is 0 Å². The normalized spacial score (nSPS) is 10.1. The van der Waals surface area contributed by atoms with Gasteiger partial charge >= 0.3 is 5.69 Å². The summed E-state index contributed by atoms with van der Waals surface area (Å²) in [6.45, 7) is 2.12. The van der Waals surface area contributed by atoms with E-state index in [-0.39, 0.29) is 36.0 Å². The Kier molecular flexibility index (Phi) is 5.73. The van der Waals surface area contributed by atoms with E-state index in [4.69, 9.17) is 14.2 Å². The van der Waals surface area contributed by atoms with Gasteiger partial charge in [0.15, 0.2) is 5.75 Å². The molecule has 7 nitrogen and oxygen atoms in total. The van der Waals surface area contributed by atoms with Crippen molar-refractivity contribution >= 4 is 12.0 Å². The molecule has 2 rings (SSSR count). The molecule has 2 aromatic carbocycles. The molecule has 0 aliphatic heterocycles. The van der Waals surface area contributed by atoms with Gasteiger partial charge in [-0.1, -0.05) is 12.1 Å². The van der Waals surface area contributed by atoms with Crippen molar-refractivity contribution < 1.29 is 23.9 Å². The van der Waals surface area contributed by atoms with Crippen LogP contribution in [0, 0.1) is 10.1 Å². The van der Waals surface area contributed by atoms with Crippen molar-refractivity contribution in [3.8, 4) is 17.2 Å². The van der Waals surface area contributed by atoms with Crippen LogP contribution in [0.4, 0.5) is 5.69 Å². The molecule has 0 radical (unpaired) electrons. The average molecular weight is 331 g/mol. The zero-order valence-electron chi connectivity index (χ0n) is 13.4. The molecule has 0 spiro atoms. The predicted molar refractivity (Wildman–Crippen MR) is 87.0 cm³/mol. The molecule has 126 valence electrons. The first-order valence-corrected chi connectivity index (χ1v) is 7.25. The lowest BCUT2D eigenvalue weighted by atomic mass is 10.2. The van der Waals surface area contributed by atoms with Crippen LogP contribution in [-0.2, 0) is 6.61 Å². The van der Waals surface area contributed by atoms with Crippen molar-refractivity contribution in [2.75, 3.05) is 13.7 Å². The Morgan fingerprint density at radius 2 is 2.00 bits per heavy atom. The third-order valence-corrected chi connectivity index (χ3v) is 3.21. The molecule has 0 aliphatic carbocycles. The standard InChI is InChI=1S/C17H17NO6/c1-3-23-16-9-13(10-19)8-15(18(20)21)17(16)24-11-12-5-4-6-14(7-12)22-2/h4-10H,3,11H2,1-2H3. The van der Waals surface area contributed by atoms with Gasteiger partial charge in [-0.2, -0.15) is 0 Å². The number of nitrogens with zero attached hydrogens (tertiary/aromatic N) is 1. The summed E-state index contributed by atoms with van der Waals surface area (Å²) in [5.41, 5.74) is 0.621. The summed E-state index contributed by atoms with van der Waals surface area (Å²) in [4.78, 5) is 21.7. The maximum atomic E-state index is 11.3. The van der Waals surface area contributed by atoms with Gasteiger partial charge in [0.2, 0.25) is 5.75 Å². The minimum absolute atomic E-state index is 0.00438. The van der Waals surface area contributed by atoms with Gasteiger partial charge in [-0.15, -0.1) is 0 Å². The van der Waals surface area contributed by atoms with Crippen molar-refractivity contribution in [2.45, 2.75) is 13.5 Å². The average Bonchev–Trinajstić information content (AvgIpc) is 2.60. The van der Waals surface area contributed by atoms with Crippen LogP contribution in [0.5, 0.6) is 17.2 Å². The van der Waals surface area contributed by atoms with Crippen molar-refractivity contribution in [3.05, 3.63) is 57.6 Å². The summed E-state index contributed by atoms with van der Waals surface area (Å²) in [6, 6.07) is 9.75. The fourth-order valence-corrected chi connectivity index (χ4v) is 2.14. The molecule has 0 aliphatic rings. The highest BCUT2D eigenvalue weighted by atomic mass is 16.6. The molecular formula is C17H17NO6. The van der Waals surface area contributed by atoms with Crippen LogP contribution in [0.15, 0.2) is 36.4 Å². The summed E-state index contributed by atoms with van der Waals surface area (Å²) in [6.07, 6.45) is 0.529. The minimum Gasteiger partial charge on any atom is -0.497 e. The Morgan fingerprint density at radius 1 is 1.21 bits per heavy atom. The number of hydrogen-bond acceptors (Lipinski definition) is 6. The highest BCUT2D eigenvalue weighted by molar-refractivity contribution is 5.79. The SMILES string of the molecule is CCOc1cc(C=O)cc([N+](=O)[O-])c1OCc1cccc(OC)c1. The maximum absolute atomic E-state index is 11.3. The van der Waals surface area contributed by atoms with Gasteiger partial charge < -0.3 is 14.2 Å². The Bertz CT molecular complexity index is 744. The molecule has 0 amide bonds. The molecule has 0 bridgehead atoms. The molecule has 0 saturated carbocycles. The topological polar surface area (TPSA) is 87.9 Å². The lowest BCUT2D eigenvalue weighted by Gasteiger charge is -2.13. The zero-order chi connectivity index (χ0) is 17.5. The van der Waals surface area contributed by atoms with Crippen LogP contribution in [0.3, 0.4) is 0 Å². The van der Waals surface area contributed by atoms with Gasteiger partial charge in [-0.25, -0.2) is 0 Å². The van der Waals surface area contributed by atoms with E-state index in [9.17, 15) is 14.9 Å². The first kappa shape index (κ1) is 17.3. The Morgan fingerprint density at radius 3 is 2.62 bits per heavy atom. The second-order valence-corrected chi connectivity index (χ2v) is 4.82. The summed E-state index contributed by atoms with van der Waals surface area (Å²) in [5.74, 6) is 0.818. The second-order valence-electron chi connectivity index (χ2n) is 4.82. The van der Waals surface area contributed by atoms with Gasteiger partial charge in [-0.3, -0.25) is 14.9 Å². The summed E-state index contributed by atoms with van der Waals surface area (Å²) in [5, 5.41) is 11.3. The quantitative estimate of drug-likeness (QED) is 0.418. The maximum Gasteiger partial charge on any atom is 0.315 e. The first-order valence-electron chi connectivity index (χ1n) is 7.25. The number of aldehydes is 1. The van der Waals surface area contributed by atoms with Gasteiger partial charge in [0.05, 0.1) is 18.6 Å². The molecule has 0 atom stereocenters. The first-order chi connectivity index (χ1) is 11.6. The third kappa shape index (κ3) is 4.01. The summed E-state index contributed by atoms with van der Waals surface area (Å²) >= 11 is 0. The van der Waals surface area contributed by atoms with E-state index in [1.54, 1.807) is 32.2 Å². The predicted octanol–water partition coefficient (Wildman–Crippen LogP) is 3.39. The molecule has 24 heavy (non-hydrogen) atoms. The molecule has 0 N–H and O–H groups in total. The van der Waals surface area contributed by atoms with Crippen LogP contribution in [-0.4, -0.2) is 24.9 Å². The van der Waals surface area contributed by atoms with Gasteiger partial charge in [0, 0.05) is 11.6 Å². The second kappa shape index (κ2) is 7.96. The van der Waals surface area contributed by atoms with Crippen molar-refractivity contribution in [1.82, 2.24) is 0 Å². The number of carbonyl (C=O) groups excluding carboxylic acids is 1. The van der Waals surface area contributed by atoms with E-state index in [2.05, 4.69) is 0 Å². The highest BCUT2D eigenvalue weighted by Gasteiger charge is 2.22. The largest absolute Gasteiger partial charge is 0.497 e. The van der Waals surface area contributed by atoms with Crippen LogP contribution in [0.1, 0.15) is 22.8 Å². The molecular weight excluding hydrogens is 314 g/mol. The number of carbonyl (C=O) groups is 1. The number of nitro groups is 1. The van der Waals surface area contributed by atoms with E-state index in [0.29, 0.717) is 12.0 Å². The molecule has 2 aromatic rings. The van der Waals surface area contributed by atoms with Crippen molar-refractivity contribution in [2.24, 2.45) is 0 Å². The van der Waals surface area contributed by atoms with Crippen LogP contribution >= 0.6 is 0 Å². The lowest BCUT2D eigenvalue weighted by molar-refractivity contribution is -0.386. The van der Waals surface area contributed by atoms with Crippen molar-refractivity contribution in [1.29, 1.82) is 0 Å². The van der Waals surface area contributed by atoms with E-state index in [0.717, 1.165) is 11.6 Å². The Hall–Kier alpha value is -3.09. The van der Waals surface area contributed by atoms with E-state index < -0.39 is 4.92 Å². The smallest absolute Gasteiger partial charge is 0.315 e. The number of methoxy groups -OCH3 is 1. The monoisotopic (exact) mass is 331 g/mol. The van der Waals surface area contributed by atoms with Gasteiger partial charge in [-0.05, 0) is 30.7 Å². The Labute approximate surface area is 138 Å². The van der Waals surface area contributed by atoms with E-state index in [1.807, 2.05) is 6.07 Å². The summed E-state index contributed by atoms with van der Waals surface area (Å²) < 4.78 is 16.2. The number of hydrogen-bond donors (Lipinski definition) is 0. The number of nitro benzene ring substituents is 1. The van der Waals surface area contributed by atoms with E-state index >= 15 is 0 Å².